The van der Waals surface area contributed by atoms with Crippen LogP contribution in [0.1, 0.15) is 19.7 Å². The predicted octanol–water partition coefficient (Wildman–Crippen LogP) is 2.05. The maximum atomic E-state index is 5.72. The molecule has 0 saturated carbocycles. The Balaban J connectivity index is 1.77. The van der Waals surface area contributed by atoms with E-state index in [2.05, 4.69) is 29.4 Å². The van der Waals surface area contributed by atoms with Crippen LogP contribution in [-0.4, -0.2) is 36.0 Å². The van der Waals surface area contributed by atoms with Crippen LogP contribution >= 0.6 is 0 Å². The number of nitrogens with zero attached hydrogens (tertiary/aromatic N) is 2. The average Bonchev–Trinajstić information content (AvgIpc) is 2.95. The molecule has 0 amide bonds. The average molecular weight is 289 g/mol. The van der Waals surface area contributed by atoms with Crippen molar-refractivity contribution in [3.05, 3.63) is 24.1 Å². The maximum absolute atomic E-state index is 5.72. The fourth-order valence-electron chi connectivity index (χ4n) is 2.17. The van der Waals surface area contributed by atoms with Gasteiger partial charge >= 0.3 is 0 Å². The topological polar surface area (TPSA) is 69.4 Å². The summed E-state index contributed by atoms with van der Waals surface area (Å²) < 4.78 is 16.9. The number of fused-ring (bicyclic) bond motifs is 1. The van der Waals surface area contributed by atoms with Crippen molar-refractivity contribution in [2.75, 3.05) is 19.8 Å². The Morgan fingerprint density at radius 3 is 2.90 bits per heavy atom. The molecule has 0 fully saturated rings. The van der Waals surface area contributed by atoms with Crippen LogP contribution in [0.15, 0.2) is 22.6 Å². The van der Waals surface area contributed by atoms with E-state index < -0.39 is 0 Å². The summed E-state index contributed by atoms with van der Waals surface area (Å²) in [5.41, 5.74) is 0.780. The molecule has 0 saturated heterocycles. The second-order valence-electron chi connectivity index (χ2n) is 5.19. The Bertz CT molecular complexity index is 610. The first-order valence-electron chi connectivity index (χ1n) is 7.19. The van der Waals surface area contributed by atoms with Gasteiger partial charge in [-0.15, -0.1) is 10.2 Å². The number of aromatic nitrogens is 2. The van der Waals surface area contributed by atoms with Crippen LogP contribution in [0, 0.1) is 0 Å². The van der Waals surface area contributed by atoms with E-state index >= 15 is 0 Å². The predicted molar refractivity (Wildman–Crippen MR) is 77.6 cm³/mol. The minimum atomic E-state index is 0.444. The molecule has 0 atom stereocenters. The molecule has 6 heteroatoms. The van der Waals surface area contributed by atoms with Gasteiger partial charge in [0.05, 0.1) is 5.56 Å². The highest BCUT2D eigenvalue weighted by Gasteiger charge is 2.20. The van der Waals surface area contributed by atoms with E-state index in [0.717, 1.165) is 17.9 Å². The van der Waals surface area contributed by atoms with E-state index in [-0.39, 0.29) is 0 Å². The second-order valence-corrected chi connectivity index (χ2v) is 5.19. The molecule has 1 aliphatic rings. The number of ether oxygens (including phenoxy) is 2. The normalized spacial score (nSPS) is 13.7. The summed E-state index contributed by atoms with van der Waals surface area (Å²) in [4.78, 5) is 0. The molecule has 112 valence electrons. The Hall–Kier alpha value is -2.08. The highest BCUT2D eigenvalue weighted by molar-refractivity contribution is 5.67. The molecule has 2 heterocycles. The highest BCUT2D eigenvalue weighted by Crippen LogP contribution is 2.39. The standard InChI is InChI=1S/C15H19N3O3/c1-10(2)16-7-6-13-17-18-15(21-13)11-4-3-5-12-14(11)20-9-8-19-12/h3-5,10,16H,6-9H2,1-2H3. The lowest BCUT2D eigenvalue weighted by molar-refractivity contribution is 0.172. The molecule has 1 aromatic carbocycles. The molecule has 0 radical (unpaired) electrons. The van der Waals surface area contributed by atoms with Crippen LogP contribution in [-0.2, 0) is 6.42 Å². The zero-order valence-electron chi connectivity index (χ0n) is 12.3. The maximum Gasteiger partial charge on any atom is 0.251 e. The van der Waals surface area contributed by atoms with Crippen molar-refractivity contribution in [1.82, 2.24) is 15.5 Å². The Morgan fingerprint density at radius 1 is 1.19 bits per heavy atom. The molecular formula is C15H19N3O3. The summed E-state index contributed by atoms with van der Waals surface area (Å²) in [5.74, 6) is 2.49. The molecular weight excluding hydrogens is 270 g/mol. The first-order chi connectivity index (χ1) is 10.2. The van der Waals surface area contributed by atoms with Crippen molar-refractivity contribution >= 4 is 0 Å². The first kappa shape index (κ1) is 13.9. The third-order valence-corrected chi connectivity index (χ3v) is 3.15. The third kappa shape index (κ3) is 3.16. The zero-order chi connectivity index (χ0) is 14.7. The number of hydrogen-bond acceptors (Lipinski definition) is 6. The summed E-state index contributed by atoms with van der Waals surface area (Å²) in [6.07, 6.45) is 0.706. The number of benzene rings is 1. The van der Waals surface area contributed by atoms with E-state index in [9.17, 15) is 0 Å². The smallest absolute Gasteiger partial charge is 0.251 e. The molecule has 2 aromatic rings. The van der Waals surface area contributed by atoms with Crippen molar-refractivity contribution in [3.8, 4) is 23.0 Å². The van der Waals surface area contributed by atoms with Crippen LogP contribution in [0.2, 0.25) is 0 Å². The molecule has 0 aliphatic carbocycles. The Kier molecular flexibility index (Phi) is 4.06. The van der Waals surface area contributed by atoms with Gasteiger partial charge in [-0.1, -0.05) is 19.9 Å². The second kappa shape index (κ2) is 6.13. The fraction of sp³-hybridized carbons (Fsp3) is 0.467. The van der Waals surface area contributed by atoms with E-state index in [1.54, 1.807) is 0 Å². The monoisotopic (exact) mass is 289 g/mol. The summed E-state index contributed by atoms with van der Waals surface area (Å²) in [5, 5.41) is 11.5. The largest absolute Gasteiger partial charge is 0.486 e. The van der Waals surface area contributed by atoms with Gasteiger partial charge < -0.3 is 19.2 Å². The van der Waals surface area contributed by atoms with Crippen molar-refractivity contribution in [2.45, 2.75) is 26.3 Å². The van der Waals surface area contributed by atoms with Gasteiger partial charge in [-0.25, -0.2) is 0 Å². The lowest BCUT2D eigenvalue weighted by atomic mass is 10.2. The fourth-order valence-corrected chi connectivity index (χ4v) is 2.17. The number of nitrogens with one attached hydrogen (secondary N) is 1. The lowest BCUT2D eigenvalue weighted by Crippen LogP contribution is -2.25. The quantitative estimate of drug-likeness (QED) is 0.908. The van der Waals surface area contributed by atoms with Crippen LogP contribution in [0.5, 0.6) is 11.5 Å². The molecule has 1 aliphatic heterocycles. The van der Waals surface area contributed by atoms with E-state index in [0.29, 0.717) is 43.2 Å². The molecule has 3 rings (SSSR count). The first-order valence-corrected chi connectivity index (χ1v) is 7.19. The van der Waals surface area contributed by atoms with Crippen LogP contribution < -0.4 is 14.8 Å². The Morgan fingerprint density at radius 2 is 2.05 bits per heavy atom. The molecule has 21 heavy (non-hydrogen) atoms. The minimum Gasteiger partial charge on any atom is -0.486 e. The number of para-hydroxylation sites is 1. The third-order valence-electron chi connectivity index (χ3n) is 3.15. The molecule has 6 nitrogen and oxygen atoms in total. The van der Waals surface area contributed by atoms with E-state index in [4.69, 9.17) is 13.9 Å². The van der Waals surface area contributed by atoms with Gasteiger partial charge in [-0.3, -0.25) is 0 Å². The molecule has 1 N–H and O–H groups in total. The summed E-state index contributed by atoms with van der Waals surface area (Å²) in [6.45, 7) is 6.11. The van der Waals surface area contributed by atoms with Gasteiger partial charge in [-0.2, -0.15) is 0 Å². The zero-order valence-corrected chi connectivity index (χ0v) is 12.3. The lowest BCUT2D eigenvalue weighted by Gasteiger charge is -2.19. The van der Waals surface area contributed by atoms with Crippen molar-refractivity contribution in [3.63, 3.8) is 0 Å². The minimum absolute atomic E-state index is 0.444. The van der Waals surface area contributed by atoms with Gasteiger partial charge in [-0.05, 0) is 12.1 Å². The van der Waals surface area contributed by atoms with Gasteiger partial charge in [0.2, 0.25) is 5.89 Å². The summed E-state index contributed by atoms with van der Waals surface area (Å²) in [7, 11) is 0. The van der Waals surface area contributed by atoms with Gasteiger partial charge in [0, 0.05) is 19.0 Å². The van der Waals surface area contributed by atoms with Crippen molar-refractivity contribution in [2.24, 2.45) is 0 Å². The van der Waals surface area contributed by atoms with Gasteiger partial charge in [0.15, 0.2) is 11.5 Å². The van der Waals surface area contributed by atoms with Gasteiger partial charge in [0.25, 0.3) is 5.89 Å². The molecule has 0 bridgehead atoms. The van der Waals surface area contributed by atoms with Crippen LogP contribution in [0.4, 0.5) is 0 Å². The number of hydrogen-bond donors (Lipinski definition) is 1. The van der Waals surface area contributed by atoms with Crippen LogP contribution in [0.3, 0.4) is 0 Å². The van der Waals surface area contributed by atoms with Crippen LogP contribution in [0.25, 0.3) is 11.5 Å². The Labute approximate surface area is 123 Å². The van der Waals surface area contributed by atoms with E-state index in [1.165, 1.54) is 0 Å². The summed E-state index contributed by atoms with van der Waals surface area (Å²) in [6, 6.07) is 6.12. The summed E-state index contributed by atoms with van der Waals surface area (Å²) >= 11 is 0. The SMILES string of the molecule is CC(C)NCCc1nnc(-c2cccc3c2OCCO3)o1. The molecule has 0 unspecified atom stereocenters. The van der Waals surface area contributed by atoms with Gasteiger partial charge in [0.1, 0.15) is 13.2 Å². The number of rotatable bonds is 5. The van der Waals surface area contributed by atoms with Crippen molar-refractivity contribution < 1.29 is 13.9 Å². The van der Waals surface area contributed by atoms with E-state index in [1.807, 2.05) is 18.2 Å². The van der Waals surface area contributed by atoms with Crippen molar-refractivity contribution in [1.29, 1.82) is 0 Å². The molecule has 1 aromatic heterocycles. The highest BCUT2D eigenvalue weighted by atomic mass is 16.6. The molecule has 0 spiro atoms.